The van der Waals surface area contributed by atoms with E-state index in [1.807, 2.05) is 0 Å². The lowest BCUT2D eigenvalue weighted by Crippen LogP contribution is -2.41. The number of carbonyl (C=O) groups excluding carboxylic acids is 2. The molecule has 2 aromatic carbocycles. The molecule has 0 aliphatic carbocycles. The molecular weight excluding hydrogens is 446 g/mol. The van der Waals surface area contributed by atoms with Gasteiger partial charge in [-0.15, -0.1) is 0 Å². The molecule has 10 heteroatoms. The number of hydrogen-bond donors (Lipinski definition) is 1. The molecule has 0 radical (unpaired) electrons. The Hall–Kier alpha value is -3.11. The van der Waals surface area contributed by atoms with Gasteiger partial charge in [-0.3, -0.25) is 14.3 Å². The van der Waals surface area contributed by atoms with Crippen molar-refractivity contribution in [3.8, 4) is 5.75 Å². The second-order valence-electron chi connectivity index (χ2n) is 7.92. The molecule has 0 saturated carbocycles. The summed E-state index contributed by atoms with van der Waals surface area (Å²) in [4.78, 5) is 28.6. The summed E-state index contributed by atoms with van der Waals surface area (Å²) in [7, 11) is -2.29. The Bertz CT molecular complexity index is 1140. The largest absolute Gasteiger partial charge is 0.497 e. The van der Waals surface area contributed by atoms with E-state index < -0.39 is 10.0 Å². The summed E-state index contributed by atoms with van der Waals surface area (Å²) in [5.41, 5.74) is 1.88. The van der Waals surface area contributed by atoms with Crippen LogP contribution in [0, 0.1) is 0 Å². The van der Waals surface area contributed by atoms with Gasteiger partial charge in [-0.25, -0.2) is 8.42 Å². The predicted octanol–water partition coefficient (Wildman–Crippen LogP) is 2.02. The molecule has 0 aromatic heterocycles. The van der Waals surface area contributed by atoms with Crippen molar-refractivity contribution < 1.29 is 27.5 Å². The first-order chi connectivity index (χ1) is 15.9. The molecule has 33 heavy (non-hydrogen) atoms. The maximum Gasteiger partial charge on any atom is 0.261 e. The van der Waals surface area contributed by atoms with Gasteiger partial charge in [0.1, 0.15) is 5.75 Å². The van der Waals surface area contributed by atoms with E-state index in [1.54, 1.807) is 46.2 Å². The predicted molar refractivity (Wildman–Crippen MR) is 123 cm³/mol. The lowest BCUT2D eigenvalue weighted by atomic mass is 10.2. The average Bonchev–Trinajstić information content (AvgIpc) is 3.26. The van der Waals surface area contributed by atoms with Crippen LogP contribution in [-0.2, 0) is 30.8 Å². The van der Waals surface area contributed by atoms with E-state index in [0.29, 0.717) is 56.4 Å². The highest BCUT2D eigenvalue weighted by Gasteiger charge is 2.27. The van der Waals surface area contributed by atoms with Crippen molar-refractivity contribution >= 4 is 33.2 Å². The second kappa shape index (κ2) is 9.80. The summed E-state index contributed by atoms with van der Waals surface area (Å²) in [5, 5.41) is 0. The van der Waals surface area contributed by atoms with Crippen LogP contribution in [-0.4, -0.2) is 65.1 Å². The molecular formula is C23H27N3O6S. The maximum atomic E-state index is 12.9. The van der Waals surface area contributed by atoms with Crippen molar-refractivity contribution in [1.82, 2.24) is 4.90 Å². The van der Waals surface area contributed by atoms with Gasteiger partial charge in [0.05, 0.1) is 30.9 Å². The number of amides is 2. The number of carbonyl (C=O) groups is 2. The van der Waals surface area contributed by atoms with Gasteiger partial charge in [0.25, 0.3) is 10.0 Å². The quantitative estimate of drug-likeness (QED) is 0.660. The molecule has 2 amide bonds. The monoisotopic (exact) mass is 473 g/mol. The van der Waals surface area contributed by atoms with Gasteiger partial charge in [0.15, 0.2) is 0 Å². The first-order valence-corrected chi connectivity index (χ1v) is 12.3. The summed E-state index contributed by atoms with van der Waals surface area (Å²) in [5.74, 6) is 0.363. The minimum atomic E-state index is -3.80. The zero-order valence-corrected chi connectivity index (χ0v) is 19.3. The van der Waals surface area contributed by atoms with Crippen molar-refractivity contribution in [3.63, 3.8) is 0 Å². The van der Waals surface area contributed by atoms with Crippen LogP contribution in [0.15, 0.2) is 47.4 Å². The highest BCUT2D eigenvalue weighted by molar-refractivity contribution is 7.92. The van der Waals surface area contributed by atoms with Gasteiger partial charge >= 0.3 is 0 Å². The van der Waals surface area contributed by atoms with Crippen LogP contribution in [0.2, 0.25) is 0 Å². The van der Waals surface area contributed by atoms with E-state index in [1.165, 1.54) is 13.2 Å². The summed E-state index contributed by atoms with van der Waals surface area (Å²) in [6.45, 7) is 2.63. The lowest BCUT2D eigenvalue weighted by molar-refractivity contribution is -0.136. The zero-order valence-electron chi connectivity index (χ0n) is 18.5. The Morgan fingerprint density at radius 2 is 1.79 bits per heavy atom. The van der Waals surface area contributed by atoms with E-state index in [9.17, 15) is 18.0 Å². The standard InChI is InChI=1S/C23H27N3O6S/c1-31-19-4-2-3-18(16-19)24-33(29,30)20-5-6-21-17(15-20)9-10-26(21)23(28)8-7-22(27)25-11-13-32-14-12-25/h2-6,15-16,24H,7-14H2,1H3. The molecule has 2 aliphatic heterocycles. The van der Waals surface area contributed by atoms with Crippen LogP contribution < -0.4 is 14.4 Å². The summed E-state index contributed by atoms with van der Waals surface area (Å²) in [6, 6.07) is 11.4. The molecule has 1 saturated heterocycles. The van der Waals surface area contributed by atoms with E-state index in [2.05, 4.69) is 4.72 Å². The van der Waals surface area contributed by atoms with Gasteiger partial charge < -0.3 is 19.3 Å². The Labute approximate surface area is 193 Å². The van der Waals surface area contributed by atoms with Crippen molar-refractivity contribution in [3.05, 3.63) is 48.0 Å². The van der Waals surface area contributed by atoms with Crippen LogP contribution in [0.4, 0.5) is 11.4 Å². The zero-order chi connectivity index (χ0) is 23.4. The minimum absolute atomic E-state index is 0.0453. The molecule has 2 aliphatic rings. The Morgan fingerprint density at radius 1 is 1.03 bits per heavy atom. The van der Waals surface area contributed by atoms with Gasteiger partial charge in [-0.05, 0) is 42.3 Å². The van der Waals surface area contributed by atoms with Crippen LogP contribution in [0.1, 0.15) is 18.4 Å². The first-order valence-electron chi connectivity index (χ1n) is 10.8. The second-order valence-corrected chi connectivity index (χ2v) is 9.60. The summed E-state index contributed by atoms with van der Waals surface area (Å²) < 4.78 is 38.7. The van der Waals surface area contributed by atoms with Gasteiger partial charge in [0.2, 0.25) is 11.8 Å². The number of sulfonamides is 1. The molecule has 4 rings (SSSR count). The highest BCUT2D eigenvalue weighted by Crippen LogP contribution is 2.31. The molecule has 2 aromatic rings. The molecule has 0 bridgehead atoms. The van der Waals surface area contributed by atoms with E-state index in [4.69, 9.17) is 9.47 Å². The number of morpholine rings is 1. The fourth-order valence-corrected chi connectivity index (χ4v) is 5.12. The Kier molecular flexibility index (Phi) is 6.85. The van der Waals surface area contributed by atoms with E-state index in [0.717, 1.165) is 5.56 Å². The van der Waals surface area contributed by atoms with Gasteiger partial charge in [0, 0.05) is 44.2 Å². The number of methoxy groups -OCH3 is 1. The first kappa shape index (κ1) is 23.1. The molecule has 0 unspecified atom stereocenters. The number of anilines is 2. The van der Waals surface area contributed by atoms with Crippen LogP contribution in [0.25, 0.3) is 0 Å². The van der Waals surface area contributed by atoms with Crippen molar-refractivity contribution in [2.45, 2.75) is 24.2 Å². The smallest absolute Gasteiger partial charge is 0.261 e. The highest BCUT2D eigenvalue weighted by atomic mass is 32.2. The Morgan fingerprint density at radius 3 is 2.55 bits per heavy atom. The van der Waals surface area contributed by atoms with Gasteiger partial charge in [-0.1, -0.05) is 6.07 Å². The molecule has 1 N–H and O–H groups in total. The van der Waals surface area contributed by atoms with E-state index in [-0.39, 0.29) is 29.6 Å². The summed E-state index contributed by atoms with van der Waals surface area (Å²) in [6.07, 6.45) is 0.829. The van der Waals surface area contributed by atoms with Gasteiger partial charge in [-0.2, -0.15) is 0 Å². The lowest BCUT2D eigenvalue weighted by Gasteiger charge is -2.27. The van der Waals surface area contributed by atoms with Crippen LogP contribution in [0.5, 0.6) is 5.75 Å². The van der Waals surface area contributed by atoms with Crippen LogP contribution >= 0.6 is 0 Å². The number of rotatable bonds is 7. The van der Waals surface area contributed by atoms with Crippen molar-refractivity contribution in [2.75, 3.05) is 49.6 Å². The minimum Gasteiger partial charge on any atom is -0.497 e. The van der Waals surface area contributed by atoms with Crippen LogP contribution in [0.3, 0.4) is 0 Å². The fourth-order valence-electron chi connectivity index (χ4n) is 4.02. The van der Waals surface area contributed by atoms with Crippen molar-refractivity contribution in [2.24, 2.45) is 0 Å². The SMILES string of the molecule is COc1cccc(NS(=O)(=O)c2ccc3c(c2)CCN3C(=O)CCC(=O)N2CCOCC2)c1. The number of fused-ring (bicyclic) bond motifs is 1. The third-order valence-corrected chi connectivity index (χ3v) is 7.18. The molecule has 2 heterocycles. The topological polar surface area (TPSA) is 105 Å². The third kappa shape index (κ3) is 5.28. The average molecular weight is 474 g/mol. The number of ether oxygens (including phenoxy) is 2. The molecule has 176 valence electrons. The fraction of sp³-hybridized carbons (Fsp3) is 0.391. The molecule has 1 fully saturated rings. The number of hydrogen-bond acceptors (Lipinski definition) is 6. The maximum absolute atomic E-state index is 12.9. The van der Waals surface area contributed by atoms with Crippen molar-refractivity contribution in [1.29, 1.82) is 0 Å². The van der Waals surface area contributed by atoms with E-state index >= 15 is 0 Å². The molecule has 0 spiro atoms. The number of nitrogens with zero attached hydrogens (tertiary/aromatic N) is 2. The third-order valence-electron chi connectivity index (χ3n) is 5.80. The normalized spacial score (nSPS) is 15.8. The summed E-state index contributed by atoms with van der Waals surface area (Å²) >= 11 is 0. The number of nitrogens with one attached hydrogen (secondary N) is 1. The Balaban J connectivity index is 1.41. The molecule has 9 nitrogen and oxygen atoms in total. The molecule has 0 atom stereocenters. The number of benzene rings is 2.